The Balaban J connectivity index is 0.00000280. The Kier molecular flexibility index (Phi) is 6.71. The number of aliphatic carboxylic acids is 1. The molecule has 2 atom stereocenters. The zero-order valence-corrected chi connectivity index (χ0v) is 16.0. The van der Waals surface area contributed by atoms with Crippen molar-refractivity contribution < 1.29 is 29.0 Å². The van der Waals surface area contributed by atoms with Crippen molar-refractivity contribution in [3.8, 4) is 5.69 Å². The molecule has 0 unspecified atom stereocenters. The van der Waals surface area contributed by atoms with Crippen LogP contribution in [-0.4, -0.2) is 63.1 Å². The Bertz CT molecular complexity index is 872. The lowest BCUT2D eigenvalue weighted by atomic mass is 10.1. The van der Waals surface area contributed by atoms with Crippen molar-refractivity contribution in [1.82, 2.24) is 14.8 Å². The minimum atomic E-state index is -1.72. The third-order valence-corrected chi connectivity index (χ3v) is 3.99. The van der Waals surface area contributed by atoms with Crippen LogP contribution in [0.2, 0.25) is 0 Å². The molecule has 1 amide bonds. The molecule has 0 spiro atoms. The molecule has 3 heterocycles. The van der Waals surface area contributed by atoms with Crippen LogP contribution in [0.5, 0.6) is 0 Å². The number of hydrogen-bond acceptors (Lipinski definition) is 7. The summed E-state index contributed by atoms with van der Waals surface area (Å²) in [4.78, 5) is 40.7. The van der Waals surface area contributed by atoms with E-state index < -0.39 is 30.1 Å². The van der Waals surface area contributed by atoms with Crippen molar-refractivity contribution in [2.75, 3.05) is 18.1 Å². The Morgan fingerprint density at radius 1 is 1.36 bits per heavy atom. The summed E-state index contributed by atoms with van der Waals surface area (Å²) >= 11 is 0. The number of carboxylic acid groups (broad SMARTS) is 1. The largest absolute Gasteiger partial charge is 0.478 e. The van der Waals surface area contributed by atoms with Gasteiger partial charge in [0.25, 0.3) is 5.91 Å². The van der Waals surface area contributed by atoms with Crippen LogP contribution in [0.4, 0.5) is 5.82 Å². The smallest absolute Gasteiger partial charge is 0.348 e. The van der Waals surface area contributed by atoms with Gasteiger partial charge >= 0.3 is 11.9 Å². The van der Waals surface area contributed by atoms with Crippen LogP contribution in [0.1, 0.15) is 12.6 Å². The Labute approximate surface area is 166 Å². The normalized spacial score (nSPS) is 17.6. The minimum Gasteiger partial charge on any atom is -0.478 e. The maximum atomic E-state index is 12.8. The van der Waals surface area contributed by atoms with E-state index in [9.17, 15) is 19.5 Å². The number of aryl methyl sites for hydroxylation is 1. The molecule has 1 aliphatic heterocycles. The van der Waals surface area contributed by atoms with Gasteiger partial charge in [-0.1, -0.05) is 0 Å². The average molecular weight is 411 g/mol. The van der Waals surface area contributed by atoms with Gasteiger partial charge in [-0.25, -0.2) is 9.48 Å². The highest BCUT2D eigenvalue weighted by atomic mass is 35.5. The highest BCUT2D eigenvalue weighted by Gasteiger charge is 2.43. The van der Waals surface area contributed by atoms with E-state index in [1.165, 1.54) is 4.90 Å². The summed E-state index contributed by atoms with van der Waals surface area (Å²) in [6.07, 6.45) is 0.0956. The van der Waals surface area contributed by atoms with Gasteiger partial charge in [-0.3, -0.25) is 19.5 Å². The number of ether oxygens (including phenoxy) is 2. The van der Waals surface area contributed by atoms with E-state index in [2.05, 4.69) is 10.1 Å². The maximum absolute atomic E-state index is 12.8. The van der Waals surface area contributed by atoms with Crippen LogP contribution < -0.4 is 4.90 Å². The second-order valence-electron chi connectivity index (χ2n) is 5.91. The summed E-state index contributed by atoms with van der Waals surface area (Å²) in [6.45, 7) is 3.19. The molecule has 1 aliphatic rings. The number of morpholine rings is 1. The first-order valence-corrected chi connectivity index (χ1v) is 8.18. The number of aromatic nitrogens is 3. The third-order valence-electron chi connectivity index (χ3n) is 3.99. The van der Waals surface area contributed by atoms with E-state index in [0.29, 0.717) is 5.82 Å². The van der Waals surface area contributed by atoms with Crippen LogP contribution >= 0.6 is 12.4 Å². The summed E-state index contributed by atoms with van der Waals surface area (Å²) in [5, 5.41) is 13.7. The molecule has 0 bridgehead atoms. The van der Waals surface area contributed by atoms with Crippen molar-refractivity contribution in [3.05, 3.63) is 36.3 Å². The lowest BCUT2D eigenvalue weighted by Crippen LogP contribution is -2.55. The number of nitrogens with zero attached hydrogens (tertiary/aromatic N) is 4. The first-order chi connectivity index (χ1) is 12.9. The van der Waals surface area contributed by atoms with Crippen LogP contribution in [-0.2, 0) is 23.9 Å². The van der Waals surface area contributed by atoms with Crippen LogP contribution in [0, 0.1) is 6.92 Å². The third kappa shape index (κ3) is 4.29. The maximum Gasteiger partial charge on any atom is 0.348 e. The van der Waals surface area contributed by atoms with Gasteiger partial charge in [0.1, 0.15) is 0 Å². The molecule has 2 aromatic heterocycles. The van der Waals surface area contributed by atoms with E-state index in [-0.39, 0.29) is 25.6 Å². The van der Waals surface area contributed by atoms with Gasteiger partial charge in [0, 0.05) is 31.1 Å². The quantitative estimate of drug-likeness (QED) is 0.716. The second kappa shape index (κ2) is 8.81. The van der Waals surface area contributed by atoms with Crippen molar-refractivity contribution in [2.45, 2.75) is 26.1 Å². The number of rotatable bonds is 5. The van der Waals surface area contributed by atoms with Crippen LogP contribution in [0.15, 0.2) is 30.6 Å². The zero-order chi connectivity index (χ0) is 19.6. The van der Waals surface area contributed by atoms with Crippen molar-refractivity contribution in [3.63, 3.8) is 0 Å². The standard InChI is InChI=1S/C17H18N4O6.ClH/c1-10-9-13(19-21(10)12-3-5-18-6-4-12)20-7-8-26-14(16(20)23)15(17(24)25)27-11(2)22;/h3-6,9,14-15H,7-8H2,1-2H3,(H,24,25);1H/t14-,15-;/m1./s1. The fourth-order valence-corrected chi connectivity index (χ4v) is 2.81. The number of hydrogen-bond donors (Lipinski definition) is 1. The van der Waals surface area contributed by atoms with Gasteiger partial charge < -0.3 is 14.6 Å². The van der Waals surface area contributed by atoms with E-state index >= 15 is 0 Å². The lowest BCUT2D eigenvalue weighted by molar-refractivity contribution is -0.177. The predicted molar refractivity (Wildman–Crippen MR) is 98.6 cm³/mol. The van der Waals surface area contributed by atoms with E-state index in [4.69, 9.17) is 9.47 Å². The molecular weight excluding hydrogens is 392 g/mol. The molecule has 0 saturated carbocycles. The molecule has 0 radical (unpaired) electrons. The molecule has 11 heteroatoms. The van der Waals surface area contributed by atoms with Crippen LogP contribution in [0.25, 0.3) is 5.69 Å². The first kappa shape index (κ1) is 21.3. The summed E-state index contributed by atoms with van der Waals surface area (Å²) < 4.78 is 11.7. The molecule has 1 fully saturated rings. The monoisotopic (exact) mass is 410 g/mol. The fourth-order valence-electron chi connectivity index (χ4n) is 2.81. The van der Waals surface area contributed by atoms with Gasteiger partial charge in [-0.2, -0.15) is 0 Å². The Hall–Kier alpha value is -2.98. The van der Waals surface area contributed by atoms with Gasteiger partial charge in [0.15, 0.2) is 11.9 Å². The number of carbonyl (C=O) groups excluding carboxylic acids is 2. The number of carboxylic acids is 1. The number of amides is 1. The summed E-state index contributed by atoms with van der Waals surface area (Å²) in [7, 11) is 0. The molecule has 2 aromatic rings. The average Bonchev–Trinajstić information content (AvgIpc) is 3.02. The molecule has 1 saturated heterocycles. The Morgan fingerprint density at radius 3 is 2.64 bits per heavy atom. The predicted octanol–water partition coefficient (Wildman–Crippen LogP) is 0.746. The number of anilines is 1. The minimum absolute atomic E-state index is 0. The number of pyridine rings is 1. The first-order valence-electron chi connectivity index (χ1n) is 8.18. The van der Waals surface area contributed by atoms with E-state index in [1.807, 2.05) is 6.92 Å². The molecule has 150 valence electrons. The SMILES string of the molecule is CC(=O)O[C@@H](C(=O)O)[C@H]1OCCN(c2cc(C)n(-c3ccncc3)n2)C1=O.Cl. The number of carbonyl (C=O) groups is 3. The van der Waals surface area contributed by atoms with E-state index in [1.54, 1.807) is 35.3 Å². The van der Waals surface area contributed by atoms with Crippen LogP contribution in [0.3, 0.4) is 0 Å². The molecule has 1 N–H and O–H groups in total. The molecule has 0 aliphatic carbocycles. The highest BCUT2D eigenvalue weighted by Crippen LogP contribution is 2.23. The topological polar surface area (TPSA) is 124 Å². The van der Waals surface area contributed by atoms with Crippen molar-refractivity contribution in [1.29, 1.82) is 0 Å². The van der Waals surface area contributed by atoms with Gasteiger partial charge in [-0.15, -0.1) is 17.5 Å². The zero-order valence-electron chi connectivity index (χ0n) is 15.1. The number of esters is 1. The molecule has 28 heavy (non-hydrogen) atoms. The Morgan fingerprint density at radius 2 is 2.04 bits per heavy atom. The summed E-state index contributed by atoms with van der Waals surface area (Å²) in [5.74, 6) is -2.54. The highest BCUT2D eigenvalue weighted by molar-refractivity contribution is 6.00. The summed E-state index contributed by atoms with van der Waals surface area (Å²) in [6, 6.07) is 5.26. The fraction of sp³-hybridized carbons (Fsp3) is 0.353. The van der Waals surface area contributed by atoms with Gasteiger partial charge in [0.05, 0.1) is 18.8 Å². The molecule has 10 nitrogen and oxygen atoms in total. The van der Waals surface area contributed by atoms with Gasteiger partial charge in [0.2, 0.25) is 6.10 Å². The van der Waals surface area contributed by atoms with E-state index in [0.717, 1.165) is 18.3 Å². The molecule has 0 aromatic carbocycles. The van der Waals surface area contributed by atoms with Gasteiger partial charge in [-0.05, 0) is 19.1 Å². The molecule has 3 rings (SSSR count). The lowest BCUT2D eigenvalue weighted by Gasteiger charge is -2.33. The van der Waals surface area contributed by atoms with Crippen molar-refractivity contribution in [2.24, 2.45) is 0 Å². The summed E-state index contributed by atoms with van der Waals surface area (Å²) in [5.41, 5.74) is 1.55. The number of halogens is 1. The molecular formula is C17H19ClN4O6. The second-order valence-corrected chi connectivity index (χ2v) is 5.91. The van der Waals surface area contributed by atoms with Crippen molar-refractivity contribution >= 4 is 36.1 Å².